The van der Waals surface area contributed by atoms with Gasteiger partial charge in [0, 0.05) is 19.5 Å². The average molecular weight is 324 g/mol. The van der Waals surface area contributed by atoms with Crippen molar-refractivity contribution in [2.75, 3.05) is 32.9 Å². The zero-order chi connectivity index (χ0) is 16.3. The molecule has 6 heteroatoms. The third kappa shape index (κ3) is 3.24. The van der Waals surface area contributed by atoms with Gasteiger partial charge in [0.2, 0.25) is 11.8 Å². The van der Waals surface area contributed by atoms with Crippen LogP contribution in [0.4, 0.5) is 0 Å². The van der Waals surface area contributed by atoms with Gasteiger partial charge < -0.3 is 14.4 Å². The maximum atomic E-state index is 12.9. The molecule has 3 aliphatic rings. The van der Waals surface area contributed by atoms with E-state index in [2.05, 4.69) is 0 Å². The van der Waals surface area contributed by atoms with Crippen molar-refractivity contribution in [3.63, 3.8) is 0 Å². The maximum Gasteiger partial charge on any atom is 0.248 e. The first-order valence-corrected chi connectivity index (χ1v) is 9.00. The summed E-state index contributed by atoms with van der Waals surface area (Å²) in [4.78, 5) is 29.3. The summed E-state index contributed by atoms with van der Waals surface area (Å²) in [6.07, 6.45) is 6.30. The lowest BCUT2D eigenvalue weighted by molar-refractivity contribution is -0.162. The molecular formula is C17H28N2O4. The Morgan fingerprint density at radius 1 is 1.13 bits per heavy atom. The van der Waals surface area contributed by atoms with Crippen LogP contribution < -0.4 is 0 Å². The summed E-state index contributed by atoms with van der Waals surface area (Å²) in [6.45, 7) is 4.71. The van der Waals surface area contributed by atoms with Crippen molar-refractivity contribution in [3.8, 4) is 0 Å². The molecular weight excluding hydrogens is 296 g/mol. The first-order chi connectivity index (χ1) is 11.2. The summed E-state index contributed by atoms with van der Waals surface area (Å²) >= 11 is 0. The minimum absolute atomic E-state index is 0.0280. The highest BCUT2D eigenvalue weighted by atomic mass is 16.5. The molecule has 130 valence electrons. The van der Waals surface area contributed by atoms with Gasteiger partial charge in [-0.2, -0.15) is 0 Å². The molecule has 23 heavy (non-hydrogen) atoms. The van der Waals surface area contributed by atoms with E-state index < -0.39 is 11.8 Å². The van der Waals surface area contributed by atoms with Gasteiger partial charge in [0.1, 0.15) is 11.8 Å². The largest absolute Gasteiger partial charge is 0.378 e. The van der Waals surface area contributed by atoms with E-state index in [-0.39, 0.29) is 11.8 Å². The Morgan fingerprint density at radius 2 is 1.83 bits per heavy atom. The van der Waals surface area contributed by atoms with E-state index in [9.17, 15) is 9.59 Å². The van der Waals surface area contributed by atoms with Gasteiger partial charge in [-0.1, -0.05) is 13.3 Å². The fourth-order valence-corrected chi connectivity index (χ4v) is 4.06. The Bertz CT molecular complexity index is 442. The summed E-state index contributed by atoms with van der Waals surface area (Å²) in [5.74, 6) is 0.0960. The first kappa shape index (κ1) is 16.7. The molecule has 2 amide bonds. The topological polar surface area (TPSA) is 59.1 Å². The molecule has 6 nitrogen and oxygen atoms in total. The van der Waals surface area contributed by atoms with Crippen LogP contribution in [0.1, 0.15) is 51.9 Å². The quantitative estimate of drug-likeness (QED) is 0.790. The Kier molecular flexibility index (Phi) is 5.21. The second-order valence-electron chi connectivity index (χ2n) is 6.79. The number of nitrogens with zero attached hydrogens (tertiary/aromatic N) is 2. The lowest BCUT2D eigenvalue weighted by Crippen LogP contribution is -2.58. The highest BCUT2D eigenvalue weighted by molar-refractivity contribution is 5.89. The Hall–Kier alpha value is -1.14. The lowest BCUT2D eigenvalue weighted by Gasteiger charge is -2.42. The third-order valence-corrected chi connectivity index (χ3v) is 5.24. The molecule has 0 unspecified atom stereocenters. The molecule has 1 saturated carbocycles. The van der Waals surface area contributed by atoms with Crippen molar-refractivity contribution < 1.29 is 19.1 Å². The Balaban J connectivity index is 1.80. The molecule has 1 spiro atoms. The van der Waals surface area contributed by atoms with Crippen LogP contribution in [0.3, 0.4) is 0 Å². The number of rotatable bonds is 3. The molecule has 0 aromatic heterocycles. The second-order valence-corrected chi connectivity index (χ2v) is 6.79. The highest BCUT2D eigenvalue weighted by Crippen LogP contribution is 2.41. The second kappa shape index (κ2) is 7.18. The summed E-state index contributed by atoms with van der Waals surface area (Å²) in [5, 5.41) is 0. The molecule has 0 bridgehead atoms. The molecule has 0 aromatic carbocycles. The van der Waals surface area contributed by atoms with E-state index in [1.165, 1.54) is 6.42 Å². The first-order valence-electron chi connectivity index (χ1n) is 9.00. The van der Waals surface area contributed by atoms with Gasteiger partial charge in [0.15, 0.2) is 0 Å². The van der Waals surface area contributed by atoms with Gasteiger partial charge in [0.25, 0.3) is 0 Å². The van der Waals surface area contributed by atoms with Crippen LogP contribution in [-0.4, -0.2) is 66.3 Å². The van der Waals surface area contributed by atoms with Gasteiger partial charge in [-0.3, -0.25) is 14.5 Å². The van der Waals surface area contributed by atoms with Crippen LogP contribution >= 0.6 is 0 Å². The van der Waals surface area contributed by atoms with Crippen LogP contribution in [0.2, 0.25) is 0 Å². The molecule has 2 saturated heterocycles. The molecule has 2 aliphatic heterocycles. The predicted molar refractivity (Wildman–Crippen MR) is 84.7 cm³/mol. The molecule has 0 radical (unpaired) electrons. The minimum atomic E-state index is -0.531. The molecule has 0 aromatic rings. The van der Waals surface area contributed by atoms with E-state index >= 15 is 0 Å². The van der Waals surface area contributed by atoms with E-state index in [1.807, 2.05) is 16.7 Å². The van der Waals surface area contributed by atoms with Gasteiger partial charge in [0.05, 0.1) is 19.8 Å². The van der Waals surface area contributed by atoms with Crippen LogP contribution in [0.5, 0.6) is 0 Å². The summed E-state index contributed by atoms with van der Waals surface area (Å²) in [6, 6.07) is -0.453. The summed E-state index contributed by atoms with van der Waals surface area (Å²) < 4.78 is 11.4. The number of ether oxygens (including phenoxy) is 2. The standard InChI is InChI=1S/C17H28N2O4/c1-2-6-15(20)19-14(16(21)18-9-11-22-12-10-18)13-23-17(19)7-4-3-5-8-17/h14H,2-13H2,1H3/t14-/m1/s1. The third-order valence-electron chi connectivity index (χ3n) is 5.24. The molecule has 1 atom stereocenters. The fourth-order valence-electron chi connectivity index (χ4n) is 4.06. The number of morpholine rings is 1. The van der Waals surface area contributed by atoms with Gasteiger partial charge >= 0.3 is 0 Å². The van der Waals surface area contributed by atoms with E-state index in [0.717, 1.165) is 32.1 Å². The highest BCUT2D eigenvalue weighted by Gasteiger charge is 2.53. The van der Waals surface area contributed by atoms with Crippen molar-refractivity contribution in [2.45, 2.75) is 63.6 Å². The molecule has 3 rings (SSSR count). The average Bonchev–Trinajstić information content (AvgIpc) is 2.94. The Labute approximate surface area is 138 Å². The van der Waals surface area contributed by atoms with Crippen LogP contribution in [0.15, 0.2) is 0 Å². The van der Waals surface area contributed by atoms with Crippen molar-refractivity contribution in [3.05, 3.63) is 0 Å². The number of carbonyl (C=O) groups excluding carboxylic acids is 2. The smallest absolute Gasteiger partial charge is 0.248 e. The molecule has 0 N–H and O–H groups in total. The number of hydrogen-bond acceptors (Lipinski definition) is 4. The van der Waals surface area contributed by atoms with Crippen molar-refractivity contribution in [1.29, 1.82) is 0 Å². The van der Waals surface area contributed by atoms with Gasteiger partial charge in [-0.25, -0.2) is 0 Å². The molecule has 2 heterocycles. The zero-order valence-electron chi connectivity index (χ0n) is 14.1. The number of amides is 2. The number of hydrogen-bond donors (Lipinski definition) is 0. The monoisotopic (exact) mass is 324 g/mol. The Morgan fingerprint density at radius 3 is 2.48 bits per heavy atom. The van der Waals surface area contributed by atoms with E-state index in [4.69, 9.17) is 9.47 Å². The van der Waals surface area contributed by atoms with Gasteiger partial charge in [-0.15, -0.1) is 0 Å². The fraction of sp³-hybridized carbons (Fsp3) is 0.882. The summed E-state index contributed by atoms with van der Waals surface area (Å²) in [5.41, 5.74) is -0.531. The predicted octanol–water partition coefficient (Wildman–Crippen LogP) is 1.53. The normalized spacial score (nSPS) is 27.4. The lowest BCUT2D eigenvalue weighted by atomic mass is 9.89. The van der Waals surface area contributed by atoms with Crippen LogP contribution in [0, 0.1) is 0 Å². The van der Waals surface area contributed by atoms with Crippen LogP contribution in [-0.2, 0) is 19.1 Å². The molecule has 1 aliphatic carbocycles. The number of carbonyl (C=O) groups is 2. The zero-order valence-corrected chi connectivity index (χ0v) is 14.1. The van der Waals surface area contributed by atoms with E-state index in [0.29, 0.717) is 39.3 Å². The van der Waals surface area contributed by atoms with Crippen molar-refractivity contribution in [1.82, 2.24) is 9.80 Å². The molecule has 3 fully saturated rings. The van der Waals surface area contributed by atoms with Crippen LogP contribution in [0.25, 0.3) is 0 Å². The maximum absolute atomic E-state index is 12.9. The van der Waals surface area contributed by atoms with Crippen molar-refractivity contribution >= 4 is 11.8 Å². The van der Waals surface area contributed by atoms with Gasteiger partial charge in [-0.05, 0) is 32.1 Å². The van der Waals surface area contributed by atoms with Crippen molar-refractivity contribution in [2.24, 2.45) is 0 Å². The van der Waals surface area contributed by atoms with E-state index in [1.54, 1.807) is 0 Å². The SMILES string of the molecule is CCCC(=O)N1[C@@H](C(=O)N2CCOCC2)COC12CCCCC2. The minimum Gasteiger partial charge on any atom is -0.378 e. The summed E-state index contributed by atoms with van der Waals surface area (Å²) in [7, 11) is 0.